The van der Waals surface area contributed by atoms with Crippen LogP contribution in [0.1, 0.15) is 26.6 Å². The van der Waals surface area contributed by atoms with Crippen molar-refractivity contribution in [1.29, 1.82) is 0 Å². The third kappa shape index (κ3) is 3.18. The number of nitrogens with one attached hydrogen (secondary N) is 1. The molecule has 19 heavy (non-hydrogen) atoms. The van der Waals surface area contributed by atoms with Crippen molar-refractivity contribution in [3.05, 3.63) is 35.0 Å². The Bertz CT molecular complexity index is 583. The summed E-state index contributed by atoms with van der Waals surface area (Å²) >= 11 is 0. The Labute approximate surface area is 110 Å². The van der Waals surface area contributed by atoms with Crippen LogP contribution in [0.15, 0.2) is 28.1 Å². The van der Waals surface area contributed by atoms with Gasteiger partial charge in [-0.3, -0.25) is 4.79 Å². The lowest BCUT2D eigenvalue weighted by Crippen LogP contribution is -2.35. The van der Waals surface area contributed by atoms with Gasteiger partial charge in [0.25, 0.3) is 5.56 Å². The van der Waals surface area contributed by atoms with Crippen molar-refractivity contribution in [2.45, 2.75) is 32.7 Å². The first-order valence-electron chi connectivity index (χ1n) is 6.06. The molecule has 0 saturated carbocycles. The van der Waals surface area contributed by atoms with Gasteiger partial charge in [-0.15, -0.1) is 0 Å². The average Bonchev–Trinajstić information content (AvgIpc) is 2.83. The van der Waals surface area contributed by atoms with Gasteiger partial charge in [-0.1, -0.05) is 5.16 Å². The van der Waals surface area contributed by atoms with Crippen LogP contribution in [-0.2, 0) is 12.0 Å². The summed E-state index contributed by atoms with van der Waals surface area (Å²) in [4.78, 5) is 20.2. The van der Waals surface area contributed by atoms with Crippen molar-refractivity contribution in [3.8, 4) is 0 Å². The Morgan fingerprint density at radius 2 is 2.16 bits per heavy atom. The molecular formula is C12H17N5O2. The van der Waals surface area contributed by atoms with Gasteiger partial charge >= 0.3 is 0 Å². The Hall–Kier alpha value is -2.18. The fraction of sp³-hybridized carbons (Fsp3) is 0.500. The minimum absolute atomic E-state index is 0.136. The second kappa shape index (κ2) is 5.21. The van der Waals surface area contributed by atoms with Gasteiger partial charge in [-0.05, 0) is 20.8 Å². The Kier molecular flexibility index (Phi) is 3.64. The number of nitrogens with zero attached hydrogens (tertiary/aromatic N) is 4. The molecule has 0 aliphatic heterocycles. The van der Waals surface area contributed by atoms with Crippen LogP contribution < -0.4 is 10.9 Å². The number of rotatable bonds is 4. The molecule has 102 valence electrons. The zero-order valence-corrected chi connectivity index (χ0v) is 11.3. The molecule has 0 atom stereocenters. The molecule has 7 nitrogen and oxygen atoms in total. The van der Waals surface area contributed by atoms with E-state index in [2.05, 4.69) is 25.0 Å². The minimum Gasteiger partial charge on any atom is -0.365 e. The summed E-state index contributed by atoms with van der Waals surface area (Å²) in [6.07, 6.45) is 5.15. The van der Waals surface area contributed by atoms with Crippen LogP contribution in [0.4, 0.5) is 5.82 Å². The highest BCUT2D eigenvalue weighted by molar-refractivity contribution is 5.31. The highest BCUT2D eigenvalue weighted by Gasteiger charge is 2.16. The molecule has 0 unspecified atom stereocenters. The Morgan fingerprint density at radius 1 is 1.37 bits per heavy atom. The fourth-order valence-corrected chi connectivity index (χ4v) is 1.66. The lowest BCUT2D eigenvalue weighted by molar-refractivity contribution is 0.383. The maximum atomic E-state index is 12.2. The maximum Gasteiger partial charge on any atom is 0.293 e. The average molecular weight is 263 g/mol. The van der Waals surface area contributed by atoms with E-state index in [-0.39, 0.29) is 11.1 Å². The number of anilines is 1. The molecule has 1 N–H and O–H groups in total. The van der Waals surface area contributed by atoms with Crippen LogP contribution >= 0.6 is 0 Å². The molecule has 7 heteroatoms. The molecule has 2 aromatic rings. The molecule has 0 aliphatic rings. The molecule has 2 heterocycles. The number of aromatic nitrogens is 4. The van der Waals surface area contributed by atoms with E-state index in [4.69, 9.17) is 0 Å². The largest absolute Gasteiger partial charge is 0.365 e. The Morgan fingerprint density at radius 3 is 2.79 bits per heavy atom. The summed E-state index contributed by atoms with van der Waals surface area (Å²) < 4.78 is 6.28. The molecule has 0 aliphatic carbocycles. The standard InChI is InChI=1S/C12H17N5O2/c1-12(2,3)17-7-6-14-10(11(17)18)13-5-4-9-15-8-19-16-9/h6-8H,4-5H2,1-3H3,(H,13,14). The normalized spacial score (nSPS) is 11.5. The van der Waals surface area contributed by atoms with Crippen molar-refractivity contribution in [1.82, 2.24) is 19.7 Å². The lowest BCUT2D eigenvalue weighted by atomic mass is 10.1. The van der Waals surface area contributed by atoms with Crippen molar-refractivity contribution in [2.24, 2.45) is 0 Å². The molecule has 0 aromatic carbocycles. The van der Waals surface area contributed by atoms with Crippen LogP contribution in [0.3, 0.4) is 0 Å². The van der Waals surface area contributed by atoms with Gasteiger partial charge in [-0.25, -0.2) is 4.98 Å². The summed E-state index contributed by atoms with van der Waals surface area (Å²) in [6.45, 7) is 6.43. The zero-order valence-electron chi connectivity index (χ0n) is 11.3. The summed E-state index contributed by atoms with van der Waals surface area (Å²) in [7, 11) is 0. The molecule has 2 aromatic heterocycles. The van der Waals surface area contributed by atoms with Gasteiger partial charge in [0.15, 0.2) is 11.6 Å². The summed E-state index contributed by atoms with van der Waals surface area (Å²) in [5.74, 6) is 0.931. The van der Waals surface area contributed by atoms with Crippen LogP contribution in [-0.4, -0.2) is 26.2 Å². The second-order valence-electron chi connectivity index (χ2n) is 5.15. The van der Waals surface area contributed by atoms with Crippen LogP contribution in [0.25, 0.3) is 0 Å². The van der Waals surface area contributed by atoms with Crippen molar-refractivity contribution >= 4 is 5.82 Å². The molecule has 0 saturated heterocycles. The predicted molar refractivity (Wildman–Crippen MR) is 70.0 cm³/mol. The molecular weight excluding hydrogens is 246 g/mol. The van der Waals surface area contributed by atoms with E-state index in [1.807, 2.05) is 20.8 Å². The molecule has 0 amide bonds. The number of hydrogen-bond donors (Lipinski definition) is 1. The quantitative estimate of drug-likeness (QED) is 0.886. The Balaban J connectivity index is 2.07. The minimum atomic E-state index is -0.274. The third-order valence-electron chi connectivity index (χ3n) is 2.61. The summed E-state index contributed by atoms with van der Waals surface area (Å²) in [5, 5.41) is 6.69. The van der Waals surface area contributed by atoms with Gasteiger partial charge in [0.1, 0.15) is 0 Å². The first-order chi connectivity index (χ1) is 8.98. The van der Waals surface area contributed by atoms with Crippen molar-refractivity contribution in [2.75, 3.05) is 11.9 Å². The summed E-state index contributed by atoms with van der Waals surface area (Å²) in [6, 6.07) is 0. The van der Waals surface area contributed by atoms with E-state index in [0.717, 1.165) is 0 Å². The SMILES string of the molecule is CC(C)(C)n1ccnc(NCCc2ncon2)c1=O. The van der Waals surface area contributed by atoms with Gasteiger partial charge in [-0.2, -0.15) is 4.98 Å². The maximum absolute atomic E-state index is 12.2. The van der Waals surface area contributed by atoms with E-state index in [9.17, 15) is 4.79 Å². The van der Waals surface area contributed by atoms with E-state index in [1.54, 1.807) is 17.0 Å². The first-order valence-corrected chi connectivity index (χ1v) is 6.06. The fourth-order valence-electron chi connectivity index (χ4n) is 1.66. The molecule has 2 rings (SSSR count). The third-order valence-corrected chi connectivity index (χ3v) is 2.61. The van der Waals surface area contributed by atoms with Crippen molar-refractivity contribution in [3.63, 3.8) is 0 Å². The molecule has 0 spiro atoms. The van der Waals surface area contributed by atoms with Crippen LogP contribution in [0.5, 0.6) is 0 Å². The summed E-state index contributed by atoms with van der Waals surface area (Å²) in [5.41, 5.74) is -0.410. The smallest absolute Gasteiger partial charge is 0.293 e. The van der Waals surface area contributed by atoms with E-state index in [0.29, 0.717) is 24.6 Å². The lowest BCUT2D eigenvalue weighted by Gasteiger charge is -2.22. The highest BCUT2D eigenvalue weighted by atomic mass is 16.5. The highest BCUT2D eigenvalue weighted by Crippen LogP contribution is 2.10. The van der Waals surface area contributed by atoms with Gasteiger partial charge in [0, 0.05) is 30.9 Å². The van der Waals surface area contributed by atoms with Gasteiger partial charge in [0.2, 0.25) is 6.39 Å². The van der Waals surface area contributed by atoms with Crippen LogP contribution in [0.2, 0.25) is 0 Å². The molecule has 0 bridgehead atoms. The van der Waals surface area contributed by atoms with E-state index in [1.165, 1.54) is 6.39 Å². The van der Waals surface area contributed by atoms with E-state index < -0.39 is 0 Å². The van der Waals surface area contributed by atoms with Gasteiger partial charge in [0.05, 0.1) is 0 Å². The molecule has 0 fully saturated rings. The van der Waals surface area contributed by atoms with E-state index >= 15 is 0 Å². The molecule has 0 radical (unpaired) electrons. The van der Waals surface area contributed by atoms with Crippen molar-refractivity contribution < 1.29 is 4.52 Å². The zero-order chi connectivity index (χ0) is 13.9. The monoisotopic (exact) mass is 263 g/mol. The second-order valence-corrected chi connectivity index (χ2v) is 5.15. The van der Waals surface area contributed by atoms with Gasteiger partial charge < -0.3 is 14.4 Å². The number of hydrogen-bond acceptors (Lipinski definition) is 6. The predicted octanol–water partition coefficient (Wildman–Crippen LogP) is 1.04. The topological polar surface area (TPSA) is 85.8 Å². The van der Waals surface area contributed by atoms with Crippen LogP contribution in [0, 0.1) is 0 Å². The first kappa shape index (κ1) is 13.3.